The quantitative estimate of drug-likeness (QED) is 0.884. The van der Waals surface area contributed by atoms with Gasteiger partial charge in [-0.3, -0.25) is 4.68 Å². The summed E-state index contributed by atoms with van der Waals surface area (Å²) in [4.78, 5) is 0. The van der Waals surface area contributed by atoms with Crippen molar-refractivity contribution in [3.05, 3.63) is 35.5 Å². The Bertz CT molecular complexity index is 516. The second-order valence-electron chi connectivity index (χ2n) is 4.21. The molecular weight excluding hydrogens is 232 g/mol. The molecule has 0 aliphatic rings. The van der Waals surface area contributed by atoms with E-state index in [2.05, 4.69) is 12.0 Å². The van der Waals surface area contributed by atoms with Crippen molar-refractivity contribution in [2.75, 3.05) is 7.11 Å². The van der Waals surface area contributed by atoms with Crippen LogP contribution in [-0.2, 0) is 6.54 Å². The molecule has 0 saturated carbocycles. The molecule has 2 aromatic heterocycles. The molecule has 1 N–H and O–H groups in total. The summed E-state index contributed by atoms with van der Waals surface area (Å²) >= 11 is 0. The predicted molar refractivity (Wildman–Crippen MR) is 66.6 cm³/mol. The first-order valence-electron chi connectivity index (χ1n) is 6.00. The average molecular weight is 250 g/mol. The maximum atomic E-state index is 10.4. The lowest BCUT2D eigenvalue weighted by atomic mass is 10.1. The summed E-state index contributed by atoms with van der Waals surface area (Å²) in [6.07, 6.45) is 3.34. The van der Waals surface area contributed by atoms with Gasteiger partial charge in [-0.2, -0.15) is 5.10 Å². The molecule has 18 heavy (non-hydrogen) atoms. The smallest absolute Gasteiger partial charge is 0.163 e. The van der Waals surface area contributed by atoms with Gasteiger partial charge in [-0.05, 0) is 19.4 Å². The third-order valence-corrected chi connectivity index (χ3v) is 2.83. The first-order chi connectivity index (χ1) is 8.67. The molecule has 0 saturated heterocycles. The molecule has 2 heterocycles. The van der Waals surface area contributed by atoms with Crippen LogP contribution in [0.2, 0.25) is 0 Å². The van der Waals surface area contributed by atoms with E-state index in [1.54, 1.807) is 24.3 Å². The summed E-state index contributed by atoms with van der Waals surface area (Å²) in [6, 6.07) is 1.81. The second kappa shape index (κ2) is 5.27. The SMILES string of the molecule is CCCn1ncc(OC)c1C(O)c1coc(C)c1. The number of furan rings is 1. The molecular formula is C13H18N2O3. The zero-order valence-electron chi connectivity index (χ0n) is 10.9. The Hall–Kier alpha value is -1.75. The highest BCUT2D eigenvalue weighted by Gasteiger charge is 2.22. The van der Waals surface area contributed by atoms with Gasteiger partial charge in [0.05, 0.1) is 19.6 Å². The third-order valence-electron chi connectivity index (χ3n) is 2.83. The van der Waals surface area contributed by atoms with E-state index in [4.69, 9.17) is 9.15 Å². The van der Waals surface area contributed by atoms with Crippen molar-refractivity contribution < 1.29 is 14.3 Å². The van der Waals surface area contributed by atoms with Gasteiger partial charge in [0, 0.05) is 12.1 Å². The van der Waals surface area contributed by atoms with Crippen molar-refractivity contribution >= 4 is 0 Å². The van der Waals surface area contributed by atoms with Gasteiger partial charge < -0.3 is 14.3 Å². The number of aryl methyl sites for hydroxylation is 2. The van der Waals surface area contributed by atoms with Crippen molar-refractivity contribution in [2.24, 2.45) is 0 Å². The van der Waals surface area contributed by atoms with Crippen molar-refractivity contribution in [1.82, 2.24) is 9.78 Å². The van der Waals surface area contributed by atoms with Gasteiger partial charge >= 0.3 is 0 Å². The van der Waals surface area contributed by atoms with E-state index in [0.29, 0.717) is 17.0 Å². The first-order valence-corrected chi connectivity index (χ1v) is 6.00. The highest BCUT2D eigenvalue weighted by Crippen LogP contribution is 2.30. The number of methoxy groups -OCH3 is 1. The van der Waals surface area contributed by atoms with E-state index in [1.165, 1.54) is 0 Å². The summed E-state index contributed by atoms with van der Waals surface area (Å²) < 4.78 is 12.2. The van der Waals surface area contributed by atoms with Crippen LogP contribution in [-0.4, -0.2) is 22.0 Å². The Morgan fingerprint density at radius 3 is 2.89 bits per heavy atom. The van der Waals surface area contributed by atoms with Crippen LogP contribution in [0.5, 0.6) is 5.75 Å². The maximum Gasteiger partial charge on any atom is 0.163 e. The summed E-state index contributed by atoms with van der Waals surface area (Å²) in [5, 5.41) is 14.6. The van der Waals surface area contributed by atoms with Gasteiger partial charge in [0.25, 0.3) is 0 Å². The van der Waals surface area contributed by atoms with E-state index < -0.39 is 6.10 Å². The molecule has 1 atom stereocenters. The van der Waals surface area contributed by atoms with Crippen molar-refractivity contribution in [3.63, 3.8) is 0 Å². The number of ether oxygens (including phenoxy) is 1. The molecule has 0 fully saturated rings. The van der Waals surface area contributed by atoms with Gasteiger partial charge in [0.2, 0.25) is 0 Å². The van der Waals surface area contributed by atoms with Gasteiger partial charge in [-0.15, -0.1) is 0 Å². The molecule has 98 valence electrons. The van der Waals surface area contributed by atoms with Gasteiger partial charge in [0.15, 0.2) is 5.75 Å². The van der Waals surface area contributed by atoms with E-state index in [0.717, 1.165) is 18.7 Å². The molecule has 2 aromatic rings. The van der Waals surface area contributed by atoms with Crippen molar-refractivity contribution in [2.45, 2.75) is 32.9 Å². The second-order valence-corrected chi connectivity index (χ2v) is 4.21. The van der Waals surface area contributed by atoms with Crippen LogP contribution in [0.15, 0.2) is 22.9 Å². The Kier molecular flexibility index (Phi) is 3.72. The third kappa shape index (κ3) is 2.26. The van der Waals surface area contributed by atoms with Crippen LogP contribution < -0.4 is 4.74 Å². The minimum absolute atomic E-state index is 0.592. The molecule has 2 rings (SSSR count). The highest BCUT2D eigenvalue weighted by molar-refractivity contribution is 5.34. The van der Waals surface area contributed by atoms with Gasteiger partial charge in [-0.25, -0.2) is 0 Å². The maximum absolute atomic E-state index is 10.4. The minimum Gasteiger partial charge on any atom is -0.493 e. The number of rotatable bonds is 5. The summed E-state index contributed by atoms with van der Waals surface area (Å²) in [5.41, 5.74) is 1.38. The van der Waals surface area contributed by atoms with E-state index >= 15 is 0 Å². The Balaban J connectivity index is 2.38. The van der Waals surface area contributed by atoms with Crippen molar-refractivity contribution in [1.29, 1.82) is 0 Å². The Morgan fingerprint density at radius 2 is 2.33 bits per heavy atom. The normalized spacial score (nSPS) is 12.7. The number of aromatic nitrogens is 2. The topological polar surface area (TPSA) is 60.4 Å². The number of aliphatic hydroxyl groups is 1. The van der Waals surface area contributed by atoms with Crippen LogP contribution >= 0.6 is 0 Å². The lowest BCUT2D eigenvalue weighted by Crippen LogP contribution is -2.10. The average Bonchev–Trinajstić information content (AvgIpc) is 2.95. The summed E-state index contributed by atoms with van der Waals surface area (Å²) in [5.74, 6) is 1.36. The molecule has 0 aliphatic carbocycles. The van der Waals surface area contributed by atoms with Crippen LogP contribution in [0.25, 0.3) is 0 Å². The van der Waals surface area contributed by atoms with Crippen LogP contribution in [0.3, 0.4) is 0 Å². The first kappa shape index (κ1) is 12.7. The number of hydrogen-bond donors (Lipinski definition) is 1. The van der Waals surface area contributed by atoms with E-state index in [1.807, 2.05) is 13.0 Å². The van der Waals surface area contributed by atoms with Crippen LogP contribution in [0.4, 0.5) is 0 Å². The molecule has 0 spiro atoms. The summed E-state index contributed by atoms with van der Waals surface area (Å²) in [6.45, 7) is 4.65. The number of aliphatic hydroxyl groups excluding tert-OH is 1. The lowest BCUT2D eigenvalue weighted by Gasteiger charge is -2.13. The minimum atomic E-state index is -0.786. The predicted octanol–water partition coefficient (Wildman–Crippen LogP) is 2.28. The molecule has 1 unspecified atom stereocenters. The highest BCUT2D eigenvalue weighted by atomic mass is 16.5. The Labute approximate surface area is 106 Å². The molecule has 5 nitrogen and oxygen atoms in total. The van der Waals surface area contributed by atoms with Gasteiger partial charge in [-0.1, -0.05) is 6.92 Å². The van der Waals surface area contributed by atoms with E-state index in [9.17, 15) is 5.11 Å². The molecule has 0 aliphatic heterocycles. The van der Waals surface area contributed by atoms with Crippen LogP contribution in [0, 0.1) is 6.92 Å². The van der Waals surface area contributed by atoms with Gasteiger partial charge in [0.1, 0.15) is 17.6 Å². The molecule has 5 heteroatoms. The fourth-order valence-corrected chi connectivity index (χ4v) is 1.97. The summed E-state index contributed by atoms with van der Waals surface area (Å²) in [7, 11) is 1.57. The molecule has 0 amide bonds. The fourth-order valence-electron chi connectivity index (χ4n) is 1.97. The molecule has 0 aromatic carbocycles. The van der Waals surface area contributed by atoms with Crippen LogP contribution in [0.1, 0.15) is 36.5 Å². The number of hydrogen-bond acceptors (Lipinski definition) is 4. The monoisotopic (exact) mass is 250 g/mol. The zero-order valence-corrected chi connectivity index (χ0v) is 10.9. The standard InChI is InChI=1S/C13H18N2O3/c1-4-5-15-12(11(17-3)7-14-15)13(16)10-6-9(2)18-8-10/h6-8,13,16H,4-5H2,1-3H3. The largest absolute Gasteiger partial charge is 0.493 e. The lowest BCUT2D eigenvalue weighted by molar-refractivity contribution is 0.201. The van der Waals surface area contributed by atoms with E-state index in [-0.39, 0.29) is 0 Å². The molecule has 0 bridgehead atoms. The Morgan fingerprint density at radius 1 is 1.56 bits per heavy atom. The number of nitrogens with zero attached hydrogens (tertiary/aromatic N) is 2. The zero-order chi connectivity index (χ0) is 13.1. The molecule has 0 radical (unpaired) electrons. The van der Waals surface area contributed by atoms with Crippen molar-refractivity contribution in [3.8, 4) is 5.75 Å². The fraction of sp³-hybridized carbons (Fsp3) is 0.462.